The number of benzene rings is 4. The summed E-state index contributed by atoms with van der Waals surface area (Å²) in [7, 11) is 0. The van der Waals surface area contributed by atoms with Gasteiger partial charge in [0, 0.05) is 18.8 Å². The fourth-order valence-electron chi connectivity index (χ4n) is 9.27. The van der Waals surface area contributed by atoms with Crippen LogP contribution in [0.2, 0.25) is 0 Å². The molecule has 334 valence electrons. The molecule has 12 nitrogen and oxygen atoms in total. The molecule has 0 bridgehead atoms. The predicted molar refractivity (Wildman–Crippen MR) is 231 cm³/mol. The Balaban J connectivity index is 1.18. The molecule has 14 atom stereocenters. The number of nitrogens with one attached hydrogen (secondary N) is 1. The number of amides is 1. The van der Waals surface area contributed by atoms with Crippen LogP contribution in [0.1, 0.15) is 62.3 Å². The number of rotatable bonds is 18. The number of carbonyl (C=O) groups excluding carboxylic acids is 1. The van der Waals surface area contributed by atoms with E-state index in [1.54, 1.807) is 0 Å². The van der Waals surface area contributed by atoms with E-state index in [0.29, 0.717) is 32.7 Å². The van der Waals surface area contributed by atoms with Crippen molar-refractivity contribution in [2.24, 2.45) is 11.8 Å². The van der Waals surface area contributed by atoms with Crippen LogP contribution in [0.25, 0.3) is 0 Å². The third-order valence-electron chi connectivity index (χ3n) is 12.4. The highest BCUT2D eigenvalue weighted by molar-refractivity contribution is 5.73. The summed E-state index contributed by atoms with van der Waals surface area (Å²) in [5, 5.41) is 37.2. The molecule has 3 fully saturated rings. The smallest absolute Gasteiger partial charge is 0.217 e. The number of ether oxygens (including phenoxy) is 7. The molecule has 3 saturated heterocycles. The molecule has 4 N–H and O–H groups in total. The van der Waals surface area contributed by atoms with E-state index in [1.165, 1.54) is 6.92 Å². The molecule has 4 aromatic carbocycles. The van der Waals surface area contributed by atoms with Gasteiger partial charge in [-0.15, -0.1) is 0 Å². The average molecular weight is 854 g/mol. The standard InChI is InChI=1S/C50H63NO11/c1-32-24-41(54)39(42(60-32)26-40-45(51-34(3)53)50(62-44(27-52)46(40)55)59-31-38-22-14-7-15-23-38)25-43-48(57-29-36-18-10-5-11-19-36)49(58-30-37-20-12-6-13-21-37)47(33(2)61-43)56-28-35-16-8-4-9-17-35/h4-23,32-33,39-50,52,54-55H,24-31H2,1-3H3,(H,51,53)/t32-,33-,39+,40+,41-,42-,43-,44+,45+,46-,47+,48+,49+,50-/m0/s1. The minimum Gasteiger partial charge on any atom is -0.394 e. The van der Waals surface area contributed by atoms with E-state index in [2.05, 4.69) is 5.32 Å². The average Bonchev–Trinajstić information content (AvgIpc) is 3.28. The molecule has 4 aromatic rings. The van der Waals surface area contributed by atoms with Gasteiger partial charge in [0.15, 0.2) is 6.29 Å². The summed E-state index contributed by atoms with van der Waals surface area (Å²) in [6, 6.07) is 38.7. The second-order valence-electron chi connectivity index (χ2n) is 17.0. The molecule has 0 saturated carbocycles. The summed E-state index contributed by atoms with van der Waals surface area (Å²) in [5.74, 6) is -1.48. The van der Waals surface area contributed by atoms with Gasteiger partial charge in [-0.2, -0.15) is 0 Å². The van der Waals surface area contributed by atoms with Crippen molar-refractivity contribution in [2.45, 2.75) is 140 Å². The Morgan fingerprint density at radius 1 is 0.597 bits per heavy atom. The van der Waals surface area contributed by atoms with Gasteiger partial charge in [-0.05, 0) is 55.4 Å². The van der Waals surface area contributed by atoms with Gasteiger partial charge in [-0.3, -0.25) is 4.79 Å². The van der Waals surface area contributed by atoms with Gasteiger partial charge in [-0.25, -0.2) is 0 Å². The van der Waals surface area contributed by atoms with Crippen LogP contribution in [0.5, 0.6) is 0 Å². The van der Waals surface area contributed by atoms with E-state index in [9.17, 15) is 20.1 Å². The first-order valence-corrected chi connectivity index (χ1v) is 22.0. The first kappa shape index (κ1) is 46.0. The fourth-order valence-corrected chi connectivity index (χ4v) is 9.27. The molecule has 3 aliphatic rings. The first-order chi connectivity index (χ1) is 30.2. The minimum atomic E-state index is -1.18. The molecule has 12 heteroatoms. The van der Waals surface area contributed by atoms with Crippen LogP contribution in [0.4, 0.5) is 0 Å². The molecule has 0 unspecified atom stereocenters. The molecular formula is C50H63NO11. The van der Waals surface area contributed by atoms with Crippen LogP contribution in [0.15, 0.2) is 121 Å². The summed E-state index contributed by atoms with van der Waals surface area (Å²) < 4.78 is 46.4. The Morgan fingerprint density at radius 2 is 1.06 bits per heavy atom. The van der Waals surface area contributed by atoms with Gasteiger partial charge < -0.3 is 53.8 Å². The van der Waals surface area contributed by atoms with Crippen molar-refractivity contribution in [2.75, 3.05) is 6.61 Å². The largest absolute Gasteiger partial charge is 0.394 e. The highest BCUT2D eigenvalue weighted by atomic mass is 16.7. The maximum Gasteiger partial charge on any atom is 0.217 e. The monoisotopic (exact) mass is 853 g/mol. The lowest BCUT2D eigenvalue weighted by Gasteiger charge is -2.50. The molecule has 3 aliphatic heterocycles. The number of hydrogen-bond acceptors (Lipinski definition) is 11. The zero-order chi connectivity index (χ0) is 43.4. The van der Waals surface area contributed by atoms with Crippen LogP contribution in [-0.2, 0) is 64.4 Å². The number of hydrogen-bond donors (Lipinski definition) is 4. The quantitative estimate of drug-likeness (QED) is 0.0950. The maximum absolute atomic E-state index is 12.7. The highest BCUT2D eigenvalue weighted by Crippen LogP contribution is 2.41. The lowest BCUT2D eigenvalue weighted by molar-refractivity contribution is -0.274. The van der Waals surface area contributed by atoms with Crippen LogP contribution >= 0.6 is 0 Å². The van der Waals surface area contributed by atoms with Crippen molar-refractivity contribution < 1.29 is 53.3 Å². The second-order valence-corrected chi connectivity index (χ2v) is 17.0. The molecule has 62 heavy (non-hydrogen) atoms. The molecule has 0 aliphatic carbocycles. The summed E-state index contributed by atoms with van der Waals surface area (Å²) in [4.78, 5) is 12.7. The zero-order valence-electron chi connectivity index (χ0n) is 35.9. The van der Waals surface area contributed by atoms with Crippen LogP contribution in [0.3, 0.4) is 0 Å². The van der Waals surface area contributed by atoms with Gasteiger partial charge in [0.05, 0.1) is 75.7 Å². The molecule has 0 spiro atoms. The summed E-state index contributed by atoms with van der Waals surface area (Å²) in [5.41, 5.74) is 3.92. The van der Waals surface area contributed by atoms with E-state index in [4.69, 9.17) is 33.2 Å². The van der Waals surface area contributed by atoms with Crippen LogP contribution < -0.4 is 5.32 Å². The zero-order valence-corrected chi connectivity index (χ0v) is 35.9. The van der Waals surface area contributed by atoms with Crippen molar-refractivity contribution in [3.8, 4) is 0 Å². The predicted octanol–water partition coefficient (Wildman–Crippen LogP) is 5.88. The molecule has 7 rings (SSSR count). The van der Waals surface area contributed by atoms with E-state index in [0.717, 1.165) is 22.3 Å². The highest BCUT2D eigenvalue weighted by Gasteiger charge is 2.52. The van der Waals surface area contributed by atoms with Crippen molar-refractivity contribution in [1.82, 2.24) is 5.32 Å². The van der Waals surface area contributed by atoms with E-state index in [1.807, 2.05) is 135 Å². The van der Waals surface area contributed by atoms with Crippen molar-refractivity contribution in [3.63, 3.8) is 0 Å². The van der Waals surface area contributed by atoms with Gasteiger partial charge in [-0.1, -0.05) is 121 Å². The van der Waals surface area contributed by atoms with E-state index in [-0.39, 0.29) is 25.0 Å². The number of carbonyl (C=O) groups is 1. The normalized spacial score (nSPS) is 32.5. The number of aliphatic hydroxyl groups is 3. The number of aliphatic hydroxyl groups excluding tert-OH is 3. The third-order valence-corrected chi connectivity index (χ3v) is 12.4. The van der Waals surface area contributed by atoms with Crippen LogP contribution in [-0.4, -0.2) is 101 Å². The Hall–Kier alpha value is -4.05. The van der Waals surface area contributed by atoms with Crippen LogP contribution in [0, 0.1) is 11.8 Å². The van der Waals surface area contributed by atoms with Gasteiger partial charge >= 0.3 is 0 Å². The molecular weight excluding hydrogens is 791 g/mol. The first-order valence-electron chi connectivity index (χ1n) is 22.0. The van der Waals surface area contributed by atoms with Gasteiger partial charge in [0.2, 0.25) is 5.91 Å². The Labute approximate surface area is 365 Å². The fraction of sp³-hybridized carbons (Fsp3) is 0.500. The summed E-state index contributed by atoms with van der Waals surface area (Å²) in [6.07, 6.45) is -6.56. The van der Waals surface area contributed by atoms with Gasteiger partial charge in [0.1, 0.15) is 24.4 Å². The van der Waals surface area contributed by atoms with Gasteiger partial charge in [0.25, 0.3) is 0 Å². The van der Waals surface area contributed by atoms with E-state index < -0.39 is 85.7 Å². The summed E-state index contributed by atoms with van der Waals surface area (Å²) in [6.45, 7) is 6.01. The lowest BCUT2D eigenvalue weighted by atomic mass is 9.75. The van der Waals surface area contributed by atoms with Crippen molar-refractivity contribution in [1.29, 1.82) is 0 Å². The molecule has 3 heterocycles. The summed E-state index contributed by atoms with van der Waals surface area (Å²) >= 11 is 0. The second kappa shape index (κ2) is 22.5. The van der Waals surface area contributed by atoms with Crippen molar-refractivity contribution >= 4 is 5.91 Å². The SMILES string of the molecule is CC(=O)N[C@H]1[C@@H](OCc2ccccc2)O[C@H](CO)[C@@H](O)[C@@H]1C[C@@H]1O[C@@H](C)C[C@H](O)[C@H]1C[C@@H]1O[C@@H](C)[C@@H](OCc2ccccc2)[C@@H](OCc2ccccc2)[C@@H]1OCc1ccccc1. The third kappa shape index (κ3) is 12.1. The lowest BCUT2D eigenvalue weighted by Crippen LogP contribution is -2.63. The van der Waals surface area contributed by atoms with Crippen molar-refractivity contribution in [3.05, 3.63) is 144 Å². The Bertz CT molecular complexity index is 1910. The molecule has 0 aromatic heterocycles. The maximum atomic E-state index is 12.7. The molecule has 1 amide bonds. The van der Waals surface area contributed by atoms with E-state index >= 15 is 0 Å². The Kier molecular flexibility index (Phi) is 16.7. The Morgan fingerprint density at radius 3 is 1.56 bits per heavy atom. The topological polar surface area (TPSA) is 154 Å². The molecule has 0 radical (unpaired) electrons. The minimum absolute atomic E-state index is 0.187.